The fourth-order valence-electron chi connectivity index (χ4n) is 1.50. The Kier molecular flexibility index (Phi) is 6.68. The van der Waals surface area contributed by atoms with Gasteiger partial charge in [-0.2, -0.15) is 0 Å². The normalized spacial score (nSPS) is 15.3. The minimum atomic E-state index is -3.40. The van der Waals surface area contributed by atoms with Crippen molar-refractivity contribution < 1.29 is 13.6 Å². The second-order valence-electron chi connectivity index (χ2n) is 3.56. The molecule has 0 aliphatic rings. The number of alkyl halides is 2. The average molecular weight is 311 g/mol. The van der Waals surface area contributed by atoms with Gasteiger partial charge in [0.15, 0.2) is 5.12 Å². The van der Waals surface area contributed by atoms with Crippen LogP contribution in [0, 0.1) is 0 Å². The van der Waals surface area contributed by atoms with Crippen LogP contribution in [0.3, 0.4) is 0 Å². The topological polar surface area (TPSA) is 35.5 Å². The fraction of sp³-hybridized carbons (Fsp3) is 0.500. The van der Waals surface area contributed by atoms with E-state index < -0.39 is 18.1 Å². The van der Waals surface area contributed by atoms with E-state index in [4.69, 9.17) is 32.2 Å². The predicted molar refractivity (Wildman–Crippen MR) is 75.5 cm³/mol. The van der Waals surface area contributed by atoms with E-state index >= 15 is 0 Å². The zero-order valence-electron chi connectivity index (χ0n) is 10.4. The molecule has 0 fully saturated rings. The Bertz CT molecular complexity index is 390. The summed E-state index contributed by atoms with van der Waals surface area (Å²) in [6.07, 6.45) is 0. The van der Waals surface area contributed by atoms with Gasteiger partial charge in [-0.25, -0.2) is 0 Å². The van der Waals surface area contributed by atoms with E-state index in [1.807, 2.05) is 30.3 Å². The molecule has 0 aliphatic carbocycles. The van der Waals surface area contributed by atoms with Crippen LogP contribution in [-0.4, -0.2) is 18.3 Å². The molecule has 102 valence electrons. The minimum Gasteiger partial charge on any atom is -0.308 e. The van der Waals surface area contributed by atoms with Crippen LogP contribution in [0.5, 0.6) is 0 Å². The van der Waals surface area contributed by atoms with E-state index in [0.717, 1.165) is 5.56 Å². The van der Waals surface area contributed by atoms with Crippen molar-refractivity contribution in [1.82, 2.24) is 0 Å². The van der Waals surface area contributed by atoms with Crippen molar-refractivity contribution in [1.29, 1.82) is 0 Å². The quantitative estimate of drug-likeness (QED) is 0.536. The smallest absolute Gasteiger partial charge is 0.308 e. The second kappa shape index (κ2) is 7.52. The molecule has 0 aliphatic heterocycles. The van der Waals surface area contributed by atoms with Crippen LogP contribution in [-0.2, 0) is 13.6 Å². The summed E-state index contributed by atoms with van der Waals surface area (Å²) in [4.78, 5) is 0. The van der Waals surface area contributed by atoms with Crippen molar-refractivity contribution in [3.63, 3.8) is 0 Å². The van der Waals surface area contributed by atoms with Crippen LogP contribution in [0.2, 0.25) is 0 Å². The third-order valence-electron chi connectivity index (χ3n) is 2.28. The molecule has 1 rings (SSSR count). The van der Waals surface area contributed by atoms with Crippen molar-refractivity contribution in [3.05, 3.63) is 35.9 Å². The molecular weight excluding hydrogens is 294 g/mol. The molecule has 0 saturated heterocycles. The van der Waals surface area contributed by atoms with Crippen LogP contribution in [0.4, 0.5) is 0 Å². The zero-order chi connectivity index (χ0) is 13.6. The summed E-state index contributed by atoms with van der Waals surface area (Å²) in [7, 11) is -3.40. The fourth-order valence-corrected chi connectivity index (χ4v) is 4.11. The van der Waals surface area contributed by atoms with E-state index in [1.165, 1.54) is 0 Å². The van der Waals surface area contributed by atoms with Gasteiger partial charge in [-0.15, -0.1) is 23.2 Å². The molecule has 1 aromatic rings. The summed E-state index contributed by atoms with van der Waals surface area (Å²) >= 11 is 12.4. The van der Waals surface area contributed by atoms with Gasteiger partial charge in [0.2, 0.25) is 0 Å². The molecule has 0 radical (unpaired) electrons. The first-order chi connectivity index (χ1) is 8.55. The highest BCUT2D eigenvalue weighted by Gasteiger charge is 2.39. The standard InChI is InChI=1S/C12H17Cl2O3P/c1-3-16-18(15,17-4-2)12(14)11(13)10-8-6-5-7-9-10/h5-9,11-12H,3-4H2,1-2H3/t11-,12+/m0/s1. The third kappa shape index (κ3) is 3.97. The van der Waals surface area contributed by atoms with Crippen LogP contribution in [0.1, 0.15) is 24.8 Å². The number of halogens is 2. The second-order valence-corrected chi connectivity index (χ2v) is 6.96. The molecule has 0 spiro atoms. The first-order valence-corrected chi connectivity index (χ1v) is 8.25. The summed E-state index contributed by atoms with van der Waals surface area (Å²) in [6, 6.07) is 9.23. The van der Waals surface area contributed by atoms with Gasteiger partial charge in [-0.05, 0) is 19.4 Å². The molecule has 0 amide bonds. The van der Waals surface area contributed by atoms with Gasteiger partial charge < -0.3 is 9.05 Å². The lowest BCUT2D eigenvalue weighted by atomic mass is 10.2. The van der Waals surface area contributed by atoms with Gasteiger partial charge >= 0.3 is 7.60 Å². The average Bonchev–Trinajstić information content (AvgIpc) is 2.38. The number of rotatable bonds is 7. The van der Waals surface area contributed by atoms with Crippen molar-refractivity contribution in [2.45, 2.75) is 24.3 Å². The first kappa shape index (κ1) is 16.0. The monoisotopic (exact) mass is 310 g/mol. The zero-order valence-corrected chi connectivity index (χ0v) is 12.8. The molecular formula is C12H17Cl2O3P. The summed E-state index contributed by atoms with van der Waals surface area (Å²) < 4.78 is 22.8. The molecule has 0 saturated carbocycles. The molecule has 0 bridgehead atoms. The molecule has 3 nitrogen and oxygen atoms in total. The van der Waals surface area contributed by atoms with Gasteiger partial charge in [0.25, 0.3) is 0 Å². The van der Waals surface area contributed by atoms with E-state index in [0.29, 0.717) is 0 Å². The Hall–Kier alpha value is -0.0500. The van der Waals surface area contributed by atoms with Crippen LogP contribution < -0.4 is 0 Å². The van der Waals surface area contributed by atoms with E-state index in [1.54, 1.807) is 13.8 Å². The molecule has 6 heteroatoms. The molecule has 0 aromatic heterocycles. The Morgan fingerprint density at radius 3 is 2.06 bits per heavy atom. The van der Waals surface area contributed by atoms with E-state index in [-0.39, 0.29) is 13.2 Å². The maximum atomic E-state index is 12.5. The van der Waals surface area contributed by atoms with E-state index in [9.17, 15) is 4.57 Å². The Morgan fingerprint density at radius 2 is 1.61 bits per heavy atom. The first-order valence-electron chi connectivity index (χ1n) is 5.77. The highest BCUT2D eigenvalue weighted by atomic mass is 35.5. The highest BCUT2D eigenvalue weighted by Crippen LogP contribution is 2.59. The lowest BCUT2D eigenvalue weighted by Crippen LogP contribution is -2.13. The van der Waals surface area contributed by atoms with Gasteiger partial charge in [-0.1, -0.05) is 30.3 Å². The van der Waals surface area contributed by atoms with Crippen molar-refractivity contribution >= 4 is 30.8 Å². The lowest BCUT2D eigenvalue weighted by molar-refractivity contribution is 0.217. The van der Waals surface area contributed by atoms with E-state index in [2.05, 4.69) is 0 Å². The van der Waals surface area contributed by atoms with Crippen LogP contribution in [0.25, 0.3) is 0 Å². The molecule has 18 heavy (non-hydrogen) atoms. The number of hydrogen-bond donors (Lipinski definition) is 0. The maximum Gasteiger partial charge on any atom is 0.350 e. The summed E-state index contributed by atoms with van der Waals surface area (Å²) in [5.74, 6) is 0. The van der Waals surface area contributed by atoms with Crippen molar-refractivity contribution in [3.8, 4) is 0 Å². The van der Waals surface area contributed by atoms with Gasteiger partial charge in [0, 0.05) is 0 Å². The Labute approximate surface area is 118 Å². The number of benzene rings is 1. The molecule has 1 aromatic carbocycles. The van der Waals surface area contributed by atoms with Gasteiger partial charge in [0.05, 0.1) is 18.6 Å². The third-order valence-corrected chi connectivity index (χ3v) is 6.20. The molecule has 0 unspecified atom stereocenters. The molecule has 0 heterocycles. The van der Waals surface area contributed by atoms with Gasteiger partial charge in [0.1, 0.15) is 0 Å². The SMILES string of the molecule is CCOP(=O)(OCC)[C@@H](Cl)[C@@H](Cl)c1ccccc1. The lowest BCUT2D eigenvalue weighted by Gasteiger charge is -2.25. The molecule has 0 N–H and O–H groups in total. The highest BCUT2D eigenvalue weighted by molar-refractivity contribution is 7.56. The van der Waals surface area contributed by atoms with Crippen molar-refractivity contribution in [2.24, 2.45) is 0 Å². The van der Waals surface area contributed by atoms with Gasteiger partial charge in [-0.3, -0.25) is 4.57 Å². The van der Waals surface area contributed by atoms with Crippen molar-refractivity contribution in [2.75, 3.05) is 13.2 Å². The predicted octanol–water partition coefficient (Wildman–Crippen LogP) is 4.80. The van der Waals surface area contributed by atoms with Crippen LogP contribution in [0.15, 0.2) is 30.3 Å². The Morgan fingerprint density at radius 1 is 1.11 bits per heavy atom. The minimum absolute atomic E-state index is 0.263. The molecule has 2 atom stereocenters. The maximum absolute atomic E-state index is 12.5. The number of hydrogen-bond acceptors (Lipinski definition) is 3. The largest absolute Gasteiger partial charge is 0.350 e. The summed E-state index contributed by atoms with van der Waals surface area (Å²) in [5, 5.41) is -1.54. The summed E-state index contributed by atoms with van der Waals surface area (Å²) in [6.45, 7) is 4.00. The Balaban J connectivity index is 2.89. The summed E-state index contributed by atoms with van der Waals surface area (Å²) in [5.41, 5.74) is 0.791. The van der Waals surface area contributed by atoms with Crippen LogP contribution >= 0.6 is 30.8 Å².